The number of anilines is 1. The molecule has 0 spiro atoms. The number of aryl methyl sites for hydroxylation is 2. The second-order valence-electron chi connectivity index (χ2n) is 8.48. The molecular formula is C27H23N3O6S. The third kappa shape index (κ3) is 4.66. The molecule has 0 atom stereocenters. The predicted molar refractivity (Wildman–Crippen MR) is 141 cm³/mol. The van der Waals surface area contributed by atoms with Crippen LogP contribution in [0.2, 0.25) is 0 Å². The Bertz CT molecular complexity index is 1500. The van der Waals surface area contributed by atoms with Gasteiger partial charge in [-0.2, -0.15) is 0 Å². The molecule has 3 aromatic rings. The predicted octanol–water partition coefficient (Wildman–Crippen LogP) is 3.88. The highest BCUT2D eigenvalue weighted by molar-refractivity contribution is 7.80. The van der Waals surface area contributed by atoms with Gasteiger partial charge in [0.2, 0.25) is 0 Å². The van der Waals surface area contributed by atoms with E-state index < -0.39 is 23.8 Å². The zero-order chi connectivity index (χ0) is 27.0. The van der Waals surface area contributed by atoms with E-state index in [1.165, 1.54) is 23.1 Å². The van der Waals surface area contributed by atoms with Crippen molar-refractivity contribution >= 4 is 52.8 Å². The number of benzene rings is 2. The summed E-state index contributed by atoms with van der Waals surface area (Å²) in [5, 5.41) is 21.5. The first-order chi connectivity index (χ1) is 17.5. The molecule has 0 aliphatic carbocycles. The van der Waals surface area contributed by atoms with Crippen molar-refractivity contribution in [2.75, 3.05) is 4.90 Å². The van der Waals surface area contributed by atoms with E-state index in [2.05, 4.69) is 5.32 Å². The molecule has 0 saturated carbocycles. The summed E-state index contributed by atoms with van der Waals surface area (Å²) < 4.78 is 1.67. The monoisotopic (exact) mass is 517 g/mol. The van der Waals surface area contributed by atoms with Gasteiger partial charge in [0.25, 0.3) is 11.8 Å². The highest BCUT2D eigenvalue weighted by Gasteiger charge is 2.35. The molecule has 1 aliphatic heterocycles. The molecule has 2 aromatic carbocycles. The highest BCUT2D eigenvalue weighted by Crippen LogP contribution is 2.28. The summed E-state index contributed by atoms with van der Waals surface area (Å²) in [6.45, 7) is 5.44. The fourth-order valence-corrected chi connectivity index (χ4v) is 4.65. The Morgan fingerprint density at radius 2 is 1.62 bits per heavy atom. The van der Waals surface area contributed by atoms with Gasteiger partial charge in [-0.3, -0.25) is 19.8 Å². The van der Waals surface area contributed by atoms with Gasteiger partial charge in [-0.05, 0) is 80.0 Å². The Labute approximate surface area is 217 Å². The lowest BCUT2D eigenvalue weighted by Gasteiger charge is -2.30. The molecule has 1 saturated heterocycles. The number of nitrogens with one attached hydrogen (secondary N) is 1. The van der Waals surface area contributed by atoms with Crippen LogP contribution in [0.5, 0.6) is 0 Å². The number of aromatic carboxylic acids is 2. The van der Waals surface area contributed by atoms with Gasteiger partial charge in [-0.15, -0.1) is 0 Å². The Kier molecular flexibility index (Phi) is 6.78. The largest absolute Gasteiger partial charge is 0.478 e. The van der Waals surface area contributed by atoms with Crippen molar-refractivity contribution in [3.05, 3.63) is 87.7 Å². The molecule has 2 amide bonds. The number of aromatic nitrogens is 1. The van der Waals surface area contributed by atoms with E-state index in [1.54, 1.807) is 36.6 Å². The van der Waals surface area contributed by atoms with Crippen molar-refractivity contribution in [2.45, 2.75) is 27.2 Å². The SMILES string of the molecule is CCc1ccccc1N1C(=O)/C(=C\c2cc(C)n(-c3cc(C(=O)O)cc(C(=O)O)c3)c2C)C(=O)NC1=S. The molecule has 9 nitrogen and oxygen atoms in total. The Hall–Kier alpha value is -4.57. The first-order valence-corrected chi connectivity index (χ1v) is 11.7. The van der Waals surface area contributed by atoms with Crippen LogP contribution in [0, 0.1) is 13.8 Å². The fraction of sp³-hybridized carbons (Fsp3) is 0.148. The number of nitrogens with zero attached hydrogens (tertiary/aromatic N) is 2. The number of para-hydroxylation sites is 1. The molecule has 0 radical (unpaired) electrons. The normalized spacial score (nSPS) is 14.7. The highest BCUT2D eigenvalue weighted by atomic mass is 32.1. The smallest absolute Gasteiger partial charge is 0.335 e. The lowest BCUT2D eigenvalue weighted by Crippen LogP contribution is -2.54. The Morgan fingerprint density at radius 1 is 1.00 bits per heavy atom. The second kappa shape index (κ2) is 9.82. The van der Waals surface area contributed by atoms with Gasteiger partial charge in [-0.25, -0.2) is 9.59 Å². The number of carboxylic acids is 2. The van der Waals surface area contributed by atoms with Crippen LogP contribution in [0.4, 0.5) is 5.69 Å². The average molecular weight is 518 g/mol. The van der Waals surface area contributed by atoms with Crippen molar-refractivity contribution in [2.24, 2.45) is 0 Å². The lowest BCUT2D eigenvalue weighted by molar-refractivity contribution is -0.122. The van der Waals surface area contributed by atoms with Gasteiger partial charge < -0.3 is 14.8 Å². The van der Waals surface area contributed by atoms with Crippen molar-refractivity contribution in [3.63, 3.8) is 0 Å². The van der Waals surface area contributed by atoms with Crippen LogP contribution in [0.25, 0.3) is 11.8 Å². The molecule has 1 fully saturated rings. The van der Waals surface area contributed by atoms with E-state index in [0.29, 0.717) is 34.7 Å². The fourth-order valence-electron chi connectivity index (χ4n) is 4.38. The van der Waals surface area contributed by atoms with Crippen LogP contribution in [0.3, 0.4) is 0 Å². The maximum Gasteiger partial charge on any atom is 0.335 e. The summed E-state index contributed by atoms with van der Waals surface area (Å²) in [6.07, 6.45) is 2.11. The van der Waals surface area contributed by atoms with Gasteiger partial charge >= 0.3 is 11.9 Å². The van der Waals surface area contributed by atoms with E-state index >= 15 is 0 Å². The van der Waals surface area contributed by atoms with Crippen LogP contribution in [0.15, 0.2) is 54.1 Å². The topological polar surface area (TPSA) is 129 Å². The molecule has 188 valence electrons. The van der Waals surface area contributed by atoms with Gasteiger partial charge in [0.05, 0.1) is 16.8 Å². The number of carbonyl (C=O) groups excluding carboxylic acids is 2. The average Bonchev–Trinajstić information content (AvgIpc) is 3.13. The van der Waals surface area contributed by atoms with Crippen molar-refractivity contribution < 1.29 is 29.4 Å². The number of thiocarbonyl (C=S) groups is 1. The minimum atomic E-state index is -1.26. The lowest BCUT2D eigenvalue weighted by atomic mass is 10.0. The van der Waals surface area contributed by atoms with E-state index in [9.17, 15) is 29.4 Å². The zero-order valence-corrected chi connectivity index (χ0v) is 21.0. The van der Waals surface area contributed by atoms with Crippen LogP contribution in [-0.4, -0.2) is 43.6 Å². The maximum absolute atomic E-state index is 13.5. The Morgan fingerprint density at radius 3 is 2.22 bits per heavy atom. The molecule has 1 aliphatic rings. The van der Waals surface area contributed by atoms with E-state index in [1.807, 2.05) is 19.1 Å². The third-order valence-electron chi connectivity index (χ3n) is 6.16. The van der Waals surface area contributed by atoms with E-state index in [4.69, 9.17) is 12.2 Å². The molecule has 1 aromatic heterocycles. The number of hydrogen-bond acceptors (Lipinski definition) is 5. The van der Waals surface area contributed by atoms with E-state index in [-0.39, 0.29) is 21.8 Å². The van der Waals surface area contributed by atoms with Gasteiger partial charge in [-0.1, -0.05) is 25.1 Å². The minimum Gasteiger partial charge on any atom is -0.478 e. The number of carboxylic acid groups (broad SMARTS) is 2. The molecule has 37 heavy (non-hydrogen) atoms. The van der Waals surface area contributed by atoms with Crippen LogP contribution in [-0.2, 0) is 16.0 Å². The molecular weight excluding hydrogens is 494 g/mol. The summed E-state index contributed by atoms with van der Waals surface area (Å²) in [5.74, 6) is -3.73. The van der Waals surface area contributed by atoms with Gasteiger partial charge in [0.15, 0.2) is 5.11 Å². The third-order valence-corrected chi connectivity index (χ3v) is 6.44. The van der Waals surface area contributed by atoms with Crippen LogP contribution < -0.4 is 10.2 Å². The summed E-state index contributed by atoms with van der Waals surface area (Å²) in [7, 11) is 0. The number of rotatable bonds is 6. The van der Waals surface area contributed by atoms with Crippen LogP contribution >= 0.6 is 12.2 Å². The maximum atomic E-state index is 13.5. The molecule has 3 N–H and O–H groups in total. The molecule has 10 heteroatoms. The minimum absolute atomic E-state index is 0.00907. The Balaban J connectivity index is 1.82. The first kappa shape index (κ1) is 25.5. The molecule has 2 heterocycles. The number of carbonyl (C=O) groups is 4. The molecule has 0 bridgehead atoms. The van der Waals surface area contributed by atoms with Crippen molar-refractivity contribution in [3.8, 4) is 5.69 Å². The standard InChI is InChI=1S/C27H23N3O6S/c1-4-16-7-5-6-8-22(16)30-24(32)21(23(31)28-27(30)37)13-17-9-14(2)29(15(17)3)20-11-18(25(33)34)10-19(12-20)26(35)36/h5-13H,4H2,1-3H3,(H,33,34)(H,35,36)(H,28,31,37)/b21-13-. The second-order valence-corrected chi connectivity index (χ2v) is 8.87. The van der Waals surface area contributed by atoms with E-state index in [0.717, 1.165) is 11.6 Å². The van der Waals surface area contributed by atoms with Crippen molar-refractivity contribution in [1.29, 1.82) is 0 Å². The molecule has 0 unspecified atom stereocenters. The first-order valence-electron chi connectivity index (χ1n) is 11.3. The summed E-state index contributed by atoms with van der Waals surface area (Å²) in [5.41, 5.74) is 3.09. The quantitative estimate of drug-likeness (QED) is 0.257. The van der Waals surface area contributed by atoms with Crippen LogP contribution in [0.1, 0.15) is 50.2 Å². The van der Waals surface area contributed by atoms with Crippen molar-refractivity contribution in [1.82, 2.24) is 9.88 Å². The van der Waals surface area contributed by atoms with Gasteiger partial charge in [0, 0.05) is 17.1 Å². The zero-order valence-electron chi connectivity index (χ0n) is 20.2. The molecule has 4 rings (SSSR count). The summed E-state index contributed by atoms with van der Waals surface area (Å²) in [6, 6.07) is 12.8. The van der Waals surface area contributed by atoms with Gasteiger partial charge in [0.1, 0.15) is 5.57 Å². The summed E-state index contributed by atoms with van der Waals surface area (Å²) in [4.78, 5) is 50.8. The summed E-state index contributed by atoms with van der Waals surface area (Å²) >= 11 is 5.32. The number of amides is 2. The number of hydrogen-bond donors (Lipinski definition) is 3.